The quantitative estimate of drug-likeness (QED) is 0.686. The van der Waals surface area contributed by atoms with Gasteiger partial charge < -0.3 is 5.32 Å². The minimum Gasteiger partial charge on any atom is -0.314 e. The maximum Gasteiger partial charge on any atom is 0.00977 e. The van der Waals surface area contributed by atoms with Gasteiger partial charge in [-0.2, -0.15) is 0 Å². The van der Waals surface area contributed by atoms with Gasteiger partial charge >= 0.3 is 0 Å². The van der Waals surface area contributed by atoms with Gasteiger partial charge in [-0.3, -0.25) is 0 Å². The molecule has 1 aliphatic rings. The molecule has 0 spiro atoms. The average molecular weight is 197 g/mol. The lowest BCUT2D eigenvalue weighted by atomic mass is 9.89. The van der Waals surface area contributed by atoms with Crippen molar-refractivity contribution in [2.75, 3.05) is 6.54 Å². The van der Waals surface area contributed by atoms with Crippen LogP contribution in [0.3, 0.4) is 0 Å². The van der Waals surface area contributed by atoms with E-state index in [0.29, 0.717) is 0 Å². The van der Waals surface area contributed by atoms with E-state index >= 15 is 0 Å². The van der Waals surface area contributed by atoms with Gasteiger partial charge in [0.05, 0.1) is 0 Å². The molecule has 1 nitrogen and oxygen atoms in total. The zero-order chi connectivity index (χ0) is 10.4. The number of hydrogen-bond donors (Lipinski definition) is 1. The molecule has 0 saturated heterocycles. The Balaban J connectivity index is 2.36. The van der Waals surface area contributed by atoms with Crippen molar-refractivity contribution in [3.8, 4) is 0 Å². The highest BCUT2D eigenvalue weighted by Gasteiger charge is 2.24. The lowest BCUT2D eigenvalue weighted by Crippen LogP contribution is -2.36. The molecule has 1 N–H and O–H groups in total. The van der Waals surface area contributed by atoms with Gasteiger partial charge in [-0.05, 0) is 37.6 Å². The van der Waals surface area contributed by atoms with E-state index in [9.17, 15) is 0 Å². The molecule has 2 unspecified atom stereocenters. The number of nitrogens with one attached hydrogen (secondary N) is 1. The Bertz CT molecular complexity index is 138. The summed E-state index contributed by atoms with van der Waals surface area (Å²) in [6, 6.07) is 0.803. The van der Waals surface area contributed by atoms with Crippen LogP contribution in [0.15, 0.2) is 0 Å². The molecule has 0 aromatic carbocycles. The second kappa shape index (κ2) is 6.44. The van der Waals surface area contributed by atoms with E-state index in [0.717, 1.165) is 24.4 Å². The van der Waals surface area contributed by atoms with E-state index in [-0.39, 0.29) is 0 Å². The molecule has 0 heterocycles. The topological polar surface area (TPSA) is 12.0 Å². The Labute approximate surface area is 89.7 Å². The third-order valence-corrected chi connectivity index (χ3v) is 3.79. The van der Waals surface area contributed by atoms with Crippen LogP contribution in [0.2, 0.25) is 0 Å². The van der Waals surface area contributed by atoms with E-state index in [1.807, 2.05) is 0 Å². The first-order valence-electron chi connectivity index (χ1n) is 6.51. The van der Waals surface area contributed by atoms with Crippen molar-refractivity contribution >= 4 is 0 Å². The van der Waals surface area contributed by atoms with Gasteiger partial charge in [0.25, 0.3) is 0 Å². The molecule has 0 bridgehead atoms. The summed E-state index contributed by atoms with van der Waals surface area (Å²) in [4.78, 5) is 0. The smallest absolute Gasteiger partial charge is 0.00977 e. The molecule has 0 amide bonds. The van der Waals surface area contributed by atoms with Gasteiger partial charge in [0.1, 0.15) is 0 Å². The van der Waals surface area contributed by atoms with Crippen LogP contribution in [0.1, 0.15) is 59.3 Å². The van der Waals surface area contributed by atoms with Crippen LogP contribution in [-0.2, 0) is 0 Å². The van der Waals surface area contributed by atoms with E-state index in [1.54, 1.807) is 0 Å². The Morgan fingerprint density at radius 2 is 1.86 bits per heavy atom. The summed E-state index contributed by atoms with van der Waals surface area (Å²) in [5, 5.41) is 3.69. The van der Waals surface area contributed by atoms with Gasteiger partial charge in [0.15, 0.2) is 0 Å². The number of rotatable bonds is 6. The van der Waals surface area contributed by atoms with Crippen LogP contribution in [0.25, 0.3) is 0 Å². The Morgan fingerprint density at radius 1 is 1.21 bits per heavy atom. The lowest BCUT2D eigenvalue weighted by Gasteiger charge is -2.26. The summed E-state index contributed by atoms with van der Waals surface area (Å²) < 4.78 is 0. The molecular formula is C13H27N. The van der Waals surface area contributed by atoms with E-state index in [2.05, 4.69) is 26.1 Å². The first-order chi connectivity index (χ1) is 6.77. The molecular weight excluding hydrogens is 170 g/mol. The highest BCUT2D eigenvalue weighted by atomic mass is 14.9. The summed E-state index contributed by atoms with van der Waals surface area (Å²) >= 11 is 0. The summed E-state index contributed by atoms with van der Waals surface area (Å²) in [6.07, 6.45) is 8.58. The molecule has 1 aliphatic carbocycles. The third kappa shape index (κ3) is 3.61. The van der Waals surface area contributed by atoms with Gasteiger partial charge in [0.2, 0.25) is 0 Å². The molecule has 1 saturated carbocycles. The minimum atomic E-state index is 0.803. The van der Waals surface area contributed by atoms with Crippen molar-refractivity contribution < 1.29 is 0 Å². The fraction of sp³-hybridized carbons (Fsp3) is 1.00. The molecule has 2 atom stereocenters. The Kier molecular flexibility index (Phi) is 5.54. The zero-order valence-electron chi connectivity index (χ0n) is 10.2. The van der Waals surface area contributed by atoms with Crippen molar-refractivity contribution in [1.29, 1.82) is 0 Å². The van der Waals surface area contributed by atoms with E-state index in [1.165, 1.54) is 38.5 Å². The average Bonchev–Trinajstić information content (AvgIpc) is 2.69. The van der Waals surface area contributed by atoms with Gasteiger partial charge in [-0.15, -0.1) is 0 Å². The highest BCUT2D eigenvalue weighted by Crippen LogP contribution is 2.30. The van der Waals surface area contributed by atoms with Crippen LogP contribution in [-0.4, -0.2) is 12.6 Å². The third-order valence-electron chi connectivity index (χ3n) is 3.79. The molecule has 1 fully saturated rings. The molecule has 84 valence electrons. The first kappa shape index (κ1) is 12.0. The monoisotopic (exact) mass is 197 g/mol. The molecule has 0 radical (unpaired) electrons. The summed E-state index contributed by atoms with van der Waals surface area (Å²) in [6.45, 7) is 8.07. The number of hydrogen-bond acceptors (Lipinski definition) is 1. The molecule has 14 heavy (non-hydrogen) atoms. The first-order valence-corrected chi connectivity index (χ1v) is 6.51. The second-order valence-corrected chi connectivity index (χ2v) is 4.96. The van der Waals surface area contributed by atoms with Crippen molar-refractivity contribution in [3.05, 3.63) is 0 Å². The van der Waals surface area contributed by atoms with Crippen LogP contribution in [0.4, 0.5) is 0 Å². The maximum atomic E-state index is 3.69. The predicted molar refractivity (Wildman–Crippen MR) is 63.5 cm³/mol. The fourth-order valence-electron chi connectivity index (χ4n) is 2.66. The standard InChI is InChI=1S/C13H27N/c1-4-11(3)10-13(14-5-2)12-8-6-7-9-12/h11-14H,4-10H2,1-3H3. The highest BCUT2D eigenvalue weighted by molar-refractivity contribution is 4.81. The molecule has 1 heteroatoms. The van der Waals surface area contributed by atoms with Crippen LogP contribution in [0.5, 0.6) is 0 Å². The van der Waals surface area contributed by atoms with Crippen molar-refractivity contribution in [1.82, 2.24) is 5.32 Å². The molecule has 0 aliphatic heterocycles. The van der Waals surface area contributed by atoms with Crippen LogP contribution in [0, 0.1) is 11.8 Å². The van der Waals surface area contributed by atoms with Gasteiger partial charge in [0, 0.05) is 6.04 Å². The molecule has 1 rings (SSSR count). The fourth-order valence-corrected chi connectivity index (χ4v) is 2.66. The Hall–Kier alpha value is -0.0400. The normalized spacial score (nSPS) is 22.5. The summed E-state index contributed by atoms with van der Waals surface area (Å²) in [7, 11) is 0. The van der Waals surface area contributed by atoms with Gasteiger partial charge in [-0.25, -0.2) is 0 Å². The largest absolute Gasteiger partial charge is 0.314 e. The SMILES string of the molecule is CCNC(CC(C)CC)C1CCCC1. The summed E-state index contributed by atoms with van der Waals surface area (Å²) in [5.74, 6) is 1.86. The van der Waals surface area contributed by atoms with Gasteiger partial charge in [-0.1, -0.05) is 40.0 Å². The van der Waals surface area contributed by atoms with Crippen molar-refractivity contribution in [2.24, 2.45) is 11.8 Å². The van der Waals surface area contributed by atoms with Crippen molar-refractivity contribution in [3.63, 3.8) is 0 Å². The minimum absolute atomic E-state index is 0.803. The van der Waals surface area contributed by atoms with Crippen LogP contribution >= 0.6 is 0 Å². The Morgan fingerprint density at radius 3 is 2.36 bits per heavy atom. The van der Waals surface area contributed by atoms with Crippen LogP contribution < -0.4 is 5.32 Å². The second-order valence-electron chi connectivity index (χ2n) is 4.96. The van der Waals surface area contributed by atoms with E-state index < -0.39 is 0 Å². The van der Waals surface area contributed by atoms with E-state index in [4.69, 9.17) is 0 Å². The lowest BCUT2D eigenvalue weighted by molar-refractivity contribution is 0.302. The zero-order valence-corrected chi connectivity index (χ0v) is 10.2. The molecule has 0 aromatic rings. The van der Waals surface area contributed by atoms with Crippen molar-refractivity contribution in [2.45, 2.75) is 65.3 Å². The maximum absolute atomic E-state index is 3.69. The predicted octanol–water partition coefficient (Wildman–Crippen LogP) is 3.59. The molecule has 0 aromatic heterocycles. The summed E-state index contributed by atoms with van der Waals surface area (Å²) in [5.41, 5.74) is 0.